The Balaban J connectivity index is -0.0000000289. The van der Waals surface area contributed by atoms with Crippen LogP contribution < -0.4 is 0 Å². The van der Waals surface area contributed by atoms with E-state index < -0.39 is 0 Å². The van der Waals surface area contributed by atoms with E-state index in [4.69, 9.17) is 0 Å². The zero-order chi connectivity index (χ0) is 13.5. The zero-order valence-corrected chi connectivity index (χ0v) is 11.8. The lowest BCUT2D eigenvalue weighted by molar-refractivity contribution is 1.23. The molecule has 0 bridgehead atoms. The second-order valence-corrected chi connectivity index (χ2v) is 1.58. The molecule has 0 unspecified atom stereocenters. The highest BCUT2D eigenvalue weighted by Crippen LogP contribution is 1.66. The van der Waals surface area contributed by atoms with Crippen LogP contribution in [0.5, 0.6) is 0 Å². The van der Waals surface area contributed by atoms with Crippen LogP contribution in [0.1, 0.15) is 48.0 Å². The first kappa shape index (κ1) is 29.2. The predicted molar refractivity (Wildman–Crippen MR) is 79.4 cm³/mol. The molecule has 0 saturated heterocycles. The molecule has 0 aromatic carbocycles. The van der Waals surface area contributed by atoms with Crippen LogP contribution in [-0.4, -0.2) is 0 Å². The minimum Gasteiger partial charge on any atom is -0.103 e. The fourth-order valence-corrected chi connectivity index (χ4v) is 0. The Morgan fingerprint density at radius 2 is 0.933 bits per heavy atom. The Hall–Kier alpha value is -1.04. The van der Waals surface area contributed by atoms with Gasteiger partial charge in [0.05, 0.1) is 0 Å². The standard InChI is InChI=1S/C4H8.C4H6.C3H6.2C2H6/c2*1-3-4-2;1-3-2;2*1-2/h3H,1,4H2,2H3;3-4H,1-2H2;3H,1H2,2H3;2*1-2H3. The van der Waals surface area contributed by atoms with E-state index >= 15 is 0 Å². The molecule has 0 atom stereocenters. The van der Waals surface area contributed by atoms with Gasteiger partial charge < -0.3 is 0 Å². The molecule has 0 aliphatic heterocycles. The second kappa shape index (κ2) is 118. The highest BCUT2D eigenvalue weighted by atomic mass is 13.5. The highest BCUT2D eigenvalue weighted by molar-refractivity contribution is 4.88. The molecule has 0 nitrogen and oxygen atoms in total. The summed E-state index contributed by atoms with van der Waals surface area (Å²) in [7, 11) is 0. The Morgan fingerprint density at radius 3 is 0.933 bits per heavy atom. The van der Waals surface area contributed by atoms with Crippen molar-refractivity contribution in [2.45, 2.75) is 48.0 Å². The van der Waals surface area contributed by atoms with Gasteiger partial charge in [0.2, 0.25) is 0 Å². The van der Waals surface area contributed by atoms with E-state index in [-0.39, 0.29) is 0 Å². The molecule has 0 heterocycles. The summed E-state index contributed by atoms with van der Waals surface area (Å²) < 4.78 is 0. The quantitative estimate of drug-likeness (QED) is 0.378. The molecule has 0 amide bonds. The lowest BCUT2D eigenvalue weighted by Gasteiger charge is -1.57. The van der Waals surface area contributed by atoms with Crippen molar-refractivity contribution in [2.24, 2.45) is 0 Å². The fourth-order valence-electron chi connectivity index (χ4n) is 0. The molecular weight excluding hydrogens is 180 g/mol. The van der Waals surface area contributed by atoms with Gasteiger partial charge in [-0.1, -0.05) is 72.1 Å². The average molecular weight is 212 g/mol. The summed E-state index contributed by atoms with van der Waals surface area (Å²) in [6.07, 6.45) is 7.99. The maximum atomic E-state index is 3.48. The van der Waals surface area contributed by atoms with Crippen LogP contribution in [0.15, 0.2) is 50.6 Å². The van der Waals surface area contributed by atoms with Gasteiger partial charge >= 0.3 is 0 Å². The molecule has 0 radical (unpaired) electrons. The summed E-state index contributed by atoms with van der Waals surface area (Å²) in [6, 6.07) is 0. The zero-order valence-electron chi connectivity index (χ0n) is 11.8. The lowest BCUT2D eigenvalue weighted by atomic mass is 10.5. The third-order valence-corrected chi connectivity index (χ3v) is 0.455. The molecular formula is C15H32. The van der Waals surface area contributed by atoms with Crippen molar-refractivity contribution in [3.63, 3.8) is 0 Å². The highest BCUT2D eigenvalue weighted by Gasteiger charge is 1.45. The molecule has 0 fully saturated rings. The van der Waals surface area contributed by atoms with E-state index in [0.717, 1.165) is 6.42 Å². The van der Waals surface area contributed by atoms with Gasteiger partial charge in [-0.3, -0.25) is 0 Å². The third kappa shape index (κ3) is 1690. The Labute approximate surface area is 99.1 Å². The molecule has 0 heteroatoms. The Morgan fingerprint density at radius 1 is 0.800 bits per heavy atom. The molecule has 0 rings (SSSR count). The maximum Gasteiger partial charge on any atom is -0.0382 e. The van der Waals surface area contributed by atoms with Crippen molar-refractivity contribution in [2.75, 3.05) is 0 Å². The van der Waals surface area contributed by atoms with E-state index in [9.17, 15) is 0 Å². The summed E-state index contributed by atoms with van der Waals surface area (Å²) in [6.45, 7) is 25.5. The topological polar surface area (TPSA) is 0 Å². The van der Waals surface area contributed by atoms with Crippen molar-refractivity contribution in [1.29, 1.82) is 0 Å². The minimum absolute atomic E-state index is 1.08. The monoisotopic (exact) mass is 212 g/mol. The molecule has 0 aromatic heterocycles. The van der Waals surface area contributed by atoms with Gasteiger partial charge in [-0.05, 0) is 13.3 Å². The molecule has 0 aliphatic carbocycles. The molecule has 92 valence electrons. The van der Waals surface area contributed by atoms with Crippen molar-refractivity contribution in [1.82, 2.24) is 0 Å². The van der Waals surface area contributed by atoms with E-state index in [1.54, 1.807) is 18.2 Å². The lowest BCUT2D eigenvalue weighted by Crippen LogP contribution is -1.36. The predicted octanol–water partition coefficient (Wildman–Crippen LogP) is 6.19. The van der Waals surface area contributed by atoms with Gasteiger partial charge in [0.25, 0.3) is 0 Å². The average Bonchev–Trinajstić information content (AvgIpc) is 2.35. The number of hydrogen-bond donors (Lipinski definition) is 0. The third-order valence-electron chi connectivity index (χ3n) is 0.455. The van der Waals surface area contributed by atoms with Crippen LogP contribution in [0.4, 0.5) is 0 Å². The summed E-state index contributed by atoms with van der Waals surface area (Å²) >= 11 is 0. The van der Waals surface area contributed by atoms with Gasteiger partial charge in [0.15, 0.2) is 0 Å². The van der Waals surface area contributed by atoms with Crippen LogP contribution in [-0.2, 0) is 0 Å². The SMILES string of the molecule is C=CC.C=CC=C.C=CCC.CC.CC. The number of allylic oxidation sites excluding steroid dienone is 4. The number of hydrogen-bond acceptors (Lipinski definition) is 0. The largest absolute Gasteiger partial charge is 0.103 e. The van der Waals surface area contributed by atoms with E-state index in [1.165, 1.54) is 0 Å². The van der Waals surface area contributed by atoms with Crippen molar-refractivity contribution in [3.8, 4) is 0 Å². The van der Waals surface area contributed by atoms with Crippen LogP contribution in [0, 0.1) is 0 Å². The molecule has 0 aromatic rings. The van der Waals surface area contributed by atoms with Crippen molar-refractivity contribution < 1.29 is 0 Å². The van der Waals surface area contributed by atoms with Gasteiger partial charge in [0, 0.05) is 0 Å². The van der Waals surface area contributed by atoms with Gasteiger partial charge in [0.1, 0.15) is 0 Å². The van der Waals surface area contributed by atoms with Crippen molar-refractivity contribution >= 4 is 0 Å². The van der Waals surface area contributed by atoms with Crippen LogP contribution in [0.2, 0.25) is 0 Å². The first-order valence-corrected chi connectivity index (χ1v) is 5.66. The van der Waals surface area contributed by atoms with E-state index in [1.807, 2.05) is 40.7 Å². The summed E-state index contributed by atoms with van der Waals surface area (Å²) in [5, 5.41) is 0. The fraction of sp³-hybridized carbons (Fsp3) is 0.467. The minimum atomic E-state index is 1.08. The summed E-state index contributed by atoms with van der Waals surface area (Å²) in [5.74, 6) is 0. The molecule has 0 saturated carbocycles. The van der Waals surface area contributed by atoms with Crippen LogP contribution in [0.3, 0.4) is 0 Å². The number of rotatable bonds is 2. The maximum absolute atomic E-state index is 3.48. The van der Waals surface area contributed by atoms with E-state index in [2.05, 4.69) is 33.2 Å². The van der Waals surface area contributed by atoms with Crippen LogP contribution >= 0.6 is 0 Å². The molecule has 15 heavy (non-hydrogen) atoms. The van der Waals surface area contributed by atoms with Gasteiger partial charge in [-0.2, -0.15) is 0 Å². The second-order valence-electron chi connectivity index (χ2n) is 1.58. The molecule has 0 N–H and O–H groups in total. The smallest absolute Gasteiger partial charge is 0.0382 e. The van der Waals surface area contributed by atoms with Gasteiger partial charge in [-0.25, -0.2) is 0 Å². The Bertz CT molecular complexity index is 82.2. The first-order valence-electron chi connectivity index (χ1n) is 5.66. The normalized spacial score (nSPS) is 4.67. The summed E-state index contributed by atoms with van der Waals surface area (Å²) in [4.78, 5) is 0. The van der Waals surface area contributed by atoms with Crippen LogP contribution in [0.25, 0.3) is 0 Å². The Kier molecular flexibility index (Phi) is 230. The summed E-state index contributed by atoms with van der Waals surface area (Å²) in [5.41, 5.74) is 0. The van der Waals surface area contributed by atoms with E-state index in [0.29, 0.717) is 0 Å². The molecule has 0 aliphatic rings. The first-order chi connectivity index (χ1) is 7.24. The van der Waals surface area contributed by atoms with Gasteiger partial charge in [-0.15, -0.1) is 13.2 Å². The molecule has 0 spiro atoms. The van der Waals surface area contributed by atoms with Crippen molar-refractivity contribution in [3.05, 3.63) is 50.6 Å².